The Balaban J connectivity index is 1.89. The van der Waals surface area contributed by atoms with Gasteiger partial charge in [0.2, 0.25) is 0 Å². The first-order chi connectivity index (χ1) is 11.0. The number of hydrogen-bond acceptors (Lipinski definition) is 4. The average Bonchev–Trinajstić information content (AvgIpc) is 2.50. The zero-order valence-electron chi connectivity index (χ0n) is 11.6. The molecule has 0 atom stereocenters. The molecule has 0 unspecified atom stereocenters. The number of hydrazone groups is 1. The normalized spacial score (nSPS) is 10.7. The number of benzene rings is 2. The molecule has 1 amide bonds. The van der Waals surface area contributed by atoms with Gasteiger partial charge in [0.15, 0.2) is 6.61 Å². The molecule has 2 aromatic rings. The lowest BCUT2D eigenvalue weighted by molar-refractivity contribution is -0.123. The van der Waals surface area contributed by atoms with E-state index in [1.54, 1.807) is 30.3 Å². The number of rotatable bonds is 5. The predicted octanol–water partition coefficient (Wildman–Crippen LogP) is 3.78. The van der Waals surface area contributed by atoms with Crippen LogP contribution in [-0.4, -0.2) is 23.8 Å². The van der Waals surface area contributed by atoms with Crippen LogP contribution in [0.15, 0.2) is 41.5 Å². The number of phenols is 1. The molecule has 0 saturated carbocycles. The number of amides is 1. The Morgan fingerprint density at radius 3 is 2.87 bits per heavy atom. The third-order valence-electron chi connectivity index (χ3n) is 2.62. The largest absolute Gasteiger partial charge is 0.506 e. The molecule has 120 valence electrons. The van der Waals surface area contributed by atoms with Crippen molar-refractivity contribution in [3.05, 3.63) is 54.1 Å². The van der Waals surface area contributed by atoms with Crippen LogP contribution >= 0.6 is 56.8 Å². The van der Waals surface area contributed by atoms with E-state index in [0.29, 0.717) is 19.9 Å². The van der Waals surface area contributed by atoms with Gasteiger partial charge in [0.05, 0.1) is 9.78 Å². The van der Waals surface area contributed by atoms with E-state index < -0.39 is 5.91 Å². The molecule has 0 spiro atoms. The van der Waals surface area contributed by atoms with Crippen molar-refractivity contribution < 1.29 is 14.6 Å². The van der Waals surface area contributed by atoms with Crippen LogP contribution in [0.2, 0.25) is 5.02 Å². The number of nitrogens with one attached hydrogen (secondary N) is 1. The van der Waals surface area contributed by atoms with Gasteiger partial charge < -0.3 is 9.84 Å². The highest BCUT2D eigenvalue weighted by Crippen LogP contribution is 2.25. The van der Waals surface area contributed by atoms with Crippen molar-refractivity contribution in [2.75, 3.05) is 6.61 Å². The van der Waals surface area contributed by atoms with Crippen molar-refractivity contribution in [2.45, 2.75) is 0 Å². The lowest BCUT2D eigenvalue weighted by Gasteiger charge is -2.05. The fraction of sp³-hybridized carbons (Fsp3) is 0.0667. The Morgan fingerprint density at radius 2 is 2.13 bits per heavy atom. The first kappa shape index (κ1) is 18.3. The van der Waals surface area contributed by atoms with Crippen molar-refractivity contribution in [2.24, 2.45) is 5.10 Å². The van der Waals surface area contributed by atoms with Crippen LogP contribution in [0.1, 0.15) is 5.56 Å². The first-order valence-corrected chi connectivity index (χ1v) is 8.87. The third-order valence-corrected chi connectivity index (χ3v) is 4.30. The van der Waals surface area contributed by atoms with E-state index >= 15 is 0 Å². The minimum absolute atomic E-state index is 0.124. The Labute approximate surface area is 165 Å². The topological polar surface area (TPSA) is 70.9 Å². The van der Waals surface area contributed by atoms with E-state index in [0.717, 1.165) is 3.57 Å². The molecule has 0 saturated heterocycles. The van der Waals surface area contributed by atoms with Crippen molar-refractivity contribution in [3.8, 4) is 11.5 Å². The lowest BCUT2D eigenvalue weighted by atomic mass is 10.2. The van der Waals surface area contributed by atoms with Gasteiger partial charge in [-0.05, 0) is 75.5 Å². The van der Waals surface area contributed by atoms with Crippen molar-refractivity contribution in [1.29, 1.82) is 0 Å². The maximum atomic E-state index is 11.7. The molecule has 0 bridgehead atoms. The second-order valence-electron chi connectivity index (χ2n) is 4.36. The van der Waals surface area contributed by atoms with Gasteiger partial charge in [0.25, 0.3) is 5.91 Å². The summed E-state index contributed by atoms with van der Waals surface area (Å²) >= 11 is 9.99. The Morgan fingerprint density at radius 1 is 1.35 bits per heavy atom. The third kappa shape index (κ3) is 5.81. The molecule has 0 aliphatic carbocycles. The van der Waals surface area contributed by atoms with Gasteiger partial charge in [0, 0.05) is 14.2 Å². The second-order valence-corrected chi connectivity index (χ2v) is 7.21. The molecule has 0 aliphatic rings. The SMILES string of the molecule is O=C(COc1cccc(Cl)c1)N/N=C\c1cc(I)cc(I)c1O. The van der Waals surface area contributed by atoms with Gasteiger partial charge in [-0.3, -0.25) is 4.79 Å². The van der Waals surface area contributed by atoms with Crippen LogP contribution in [0.4, 0.5) is 0 Å². The monoisotopic (exact) mass is 556 g/mol. The van der Waals surface area contributed by atoms with E-state index in [9.17, 15) is 9.90 Å². The van der Waals surface area contributed by atoms with E-state index in [-0.39, 0.29) is 12.4 Å². The van der Waals surface area contributed by atoms with Crippen molar-refractivity contribution in [1.82, 2.24) is 5.43 Å². The van der Waals surface area contributed by atoms with E-state index in [1.165, 1.54) is 6.21 Å². The summed E-state index contributed by atoms with van der Waals surface area (Å²) in [6.07, 6.45) is 1.39. The fourth-order valence-corrected chi connectivity index (χ4v) is 3.67. The minimum Gasteiger partial charge on any atom is -0.506 e. The summed E-state index contributed by atoms with van der Waals surface area (Å²) in [5.41, 5.74) is 2.86. The highest BCUT2D eigenvalue weighted by molar-refractivity contribution is 14.1. The van der Waals surface area contributed by atoms with Crippen molar-refractivity contribution in [3.63, 3.8) is 0 Å². The minimum atomic E-state index is -0.416. The van der Waals surface area contributed by atoms with Gasteiger partial charge in [-0.25, -0.2) is 5.43 Å². The summed E-state index contributed by atoms with van der Waals surface area (Å²) in [5.74, 6) is 0.210. The second kappa shape index (κ2) is 8.69. The molecule has 23 heavy (non-hydrogen) atoms. The Hall–Kier alpha value is -1.07. The predicted molar refractivity (Wildman–Crippen MR) is 106 cm³/mol. The number of carbonyl (C=O) groups is 1. The summed E-state index contributed by atoms with van der Waals surface area (Å²) < 4.78 is 6.97. The summed E-state index contributed by atoms with van der Waals surface area (Å²) in [6, 6.07) is 10.4. The molecule has 2 rings (SSSR count). The molecule has 0 aliphatic heterocycles. The Bertz CT molecular complexity index is 753. The number of phenolic OH excluding ortho intramolecular Hbond substituents is 1. The van der Waals surface area contributed by atoms with Gasteiger partial charge in [-0.15, -0.1) is 0 Å². The fourth-order valence-electron chi connectivity index (χ4n) is 1.60. The maximum absolute atomic E-state index is 11.7. The highest BCUT2D eigenvalue weighted by Gasteiger charge is 2.06. The van der Waals surface area contributed by atoms with Crippen LogP contribution < -0.4 is 10.2 Å². The molecular weight excluding hydrogens is 545 g/mol. The first-order valence-electron chi connectivity index (χ1n) is 6.34. The molecule has 0 aromatic heterocycles. The average molecular weight is 557 g/mol. The van der Waals surface area contributed by atoms with Crippen LogP contribution in [0.25, 0.3) is 0 Å². The van der Waals surface area contributed by atoms with Gasteiger partial charge in [-0.1, -0.05) is 17.7 Å². The Kier molecular flexibility index (Phi) is 6.90. The molecule has 0 heterocycles. The van der Waals surface area contributed by atoms with Crippen LogP contribution in [0.3, 0.4) is 0 Å². The van der Waals surface area contributed by atoms with Gasteiger partial charge in [-0.2, -0.15) is 5.10 Å². The zero-order valence-corrected chi connectivity index (χ0v) is 16.7. The molecular formula is C15H11ClI2N2O3. The number of nitrogens with zero attached hydrogens (tertiary/aromatic N) is 1. The zero-order chi connectivity index (χ0) is 16.8. The van der Waals surface area contributed by atoms with Gasteiger partial charge in [0.1, 0.15) is 11.5 Å². The molecule has 0 fully saturated rings. The standard InChI is InChI=1S/C15H11ClI2N2O3/c16-10-2-1-3-12(5-10)23-8-14(21)20-19-7-9-4-11(17)6-13(18)15(9)22/h1-7,22H,8H2,(H,20,21)/b19-7-. The van der Waals surface area contributed by atoms with Crippen molar-refractivity contribution >= 4 is 68.9 Å². The van der Waals surface area contributed by atoms with Crippen LogP contribution in [-0.2, 0) is 4.79 Å². The smallest absolute Gasteiger partial charge is 0.277 e. The van der Waals surface area contributed by atoms with Crippen LogP contribution in [0.5, 0.6) is 11.5 Å². The van der Waals surface area contributed by atoms with Crippen LogP contribution in [0, 0.1) is 7.14 Å². The number of aromatic hydroxyl groups is 1. The van der Waals surface area contributed by atoms with E-state index in [2.05, 4.69) is 33.1 Å². The molecule has 0 radical (unpaired) electrons. The summed E-state index contributed by atoms with van der Waals surface area (Å²) in [6.45, 7) is -0.187. The van der Waals surface area contributed by atoms with E-state index in [4.69, 9.17) is 16.3 Å². The number of carbonyl (C=O) groups excluding carboxylic acids is 1. The number of halogens is 3. The molecule has 5 nitrogen and oxygen atoms in total. The quantitative estimate of drug-likeness (QED) is 0.335. The molecule has 2 N–H and O–H groups in total. The highest BCUT2D eigenvalue weighted by atomic mass is 127. The lowest BCUT2D eigenvalue weighted by Crippen LogP contribution is -2.24. The summed E-state index contributed by atoms with van der Waals surface area (Å²) in [7, 11) is 0. The maximum Gasteiger partial charge on any atom is 0.277 e. The summed E-state index contributed by atoms with van der Waals surface area (Å²) in [5, 5.41) is 14.3. The molecule has 8 heteroatoms. The molecule has 2 aromatic carbocycles. The number of ether oxygens (including phenoxy) is 1. The summed E-state index contributed by atoms with van der Waals surface area (Å²) in [4.78, 5) is 11.7. The van der Waals surface area contributed by atoms with Gasteiger partial charge >= 0.3 is 0 Å². The van der Waals surface area contributed by atoms with E-state index in [1.807, 2.05) is 28.7 Å². The number of hydrogen-bond donors (Lipinski definition) is 2.